The second-order valence-corrected chi connectivity index (χ2v) is 5.78. The molecule has 5 heteroatoms. The van der Waals surface area contributed by atoms with Crippen LogP contribution in [-0.4, -0.2) is 53.1 Å². The Hall–Kier alpha value is -0.880. The predicted octanol–water partition coefficient (Wildman–Crippen LogP) is 1.78. The maximum atomic E-state index is 10.1. The monoisotopic (exact) mass is 297 g/mol. The minimum absolute atomic E-state index is 0.170. The third-order valence-electron chi connectivity index (χ3n) is 4.11. The molecular formula is C16H27NO4. The molecule has 0 amide bonds. The summed E-state index contributed by atoms with van der Waals surface area (Å²) >= 11 is 0. The number of ether oxygens (including phenoxy) is 1. The van der Waals surface area contributed by atoms with Crippen LogP contribution in [0, 0.1) is 0 Å². The van der Waals surface area contributed by atoms with E-state index in [0.717, 1.165) is 38.0 Å². The molecule has 0 aliphatic carbocycles. The van der Waals surface area contributed by atoms with E-state index in [2.05, 4.69) is 4.90 Å². The van der Waals surface area contributed by atoms with Crippen LogP contribution in [0.3, 0.4) is 0 Å². The molecule has 0 spiro atoms. The number of aliphatic hydroxyl groups is 2. The number of hydrogen-bond acceptors (Lipinski definition) is 5. The van der Waals surface area contributed by atoms with E-state index in [4.69, 9.17) is 9.15 Å². The van der Waals surface area contributed by atoms with Crippen molar-refractivity contribution < 1.29 is 19.4 Å². The maximum absolute atomic E-state index is 10.1. The normalized spacial score (nSPS) is 23.1. The van der Waals surface area contributed by atoms with E-state index < -0.39 is 6.10 Å². The average Bonchev–Trinajstić information content (AvgIpc) is 3.00. The van der Waals surface area contributed by atoms with E-state index >= 15 is 0 Å². The molecule has 0 saturated carbocycles. The van der Waals surface area contributed by atoms with E-state index in [1.165, 1.54) is 0 Å². The van der Waals surface area contributed by atoms with Gasteiger partial charge in [-0.3, -0.25) is 4.90 Å². The first kappa shape index (κ1) is 16.5. The molecule has 1 aliphatic rings. The standard InChI is InChI=1S/C16H27NO4/c1-2-16(19)15-7-3-4-8-17(15)10-13(18)11-20-12-14-6-5-9-21-14/h5-6,9,13,15-16,18-19H,2-4,7-8,10-12H2,1H3. The molecular weight excluding hydrogens is 270 g/mol. The van der Waals surface area contributed by atoms with Gasteiger partial charge in [-0.05, 0) is 37.9 Å². The molecule has 1 aromatic rings. The summed E-state index contributed by atoms with van der Waals surface area (Å²) in [7, 11) is 0. The van der Waals surface area contributed by atoms with E-state index in [1.54, 1.807) is 6.26 Å². The Morgan fingerprint density at radius 2 is 2.29 bits per heavy atom. The first-order chi connectivity index (χ1) is 10.2. The lowest BCUT2D eigenvalue weighted by atomic mass is 9.95. The second-order valence-electron chi connectivity index (χ2n) is 5.78. The number of piperidine rings is 1. The number of β-amino-alcohol motifs (C(OH)–C–C–N with tert-alkyl or cyclic N) is 1. The van der Waals surface area contributed by atoms with Gasteiger partial charge in [-0.25, -0.2) is 0 Å². The molecule has 120 valence electrons. The molecule has 2 N–H and O–H groups in total. The quantitative estimate of drug-likeness (QED) is 0.766. The van der Waals surface area contributed by atoms with E-state index in [-0.39, 0.29) is 18.8 Å². The second kappa shape index (κ2) is 8.54. The largest absolute Gasteiger partial charge is 0.467 e. The summed E-state index contributed by atoms with van der Waals surface area (Å²) in [6, 6.07) is 3.84. The smallest absolute Gasteiger partial charge is 0.129 e. The maximum Gasteiger partial charge on any atom is 0.129 e. The Labute approximate surface area is 126 Å². The van der Waals surface area contributed by atoms with E-state index in [9.17, 15) is 10.2 Å². The van der Waals surface area contributed by atoms with Crippen LogP contribution in [0.15, 0.2) is 22.8 Å². The van der Waals surface area contributed by atoms with Crippen molar-refractivity contribution in [1.29, 1.82) is 0 Å². The predicted molar refractivity (Wildman–Crippen MR) is 79.9 cm³/mol. The summed E-state index contributed by atoms with van der Waals surface area (Å²) in [5, 5.41) is 20.2. The van der Waals surface area contributed by atoms with Crippen LogP contribution >= 0.6 is 0 Å². The van der Waals surface area contributed by atoms with Crippen LogP contribution in [0.1, 0.15) is 38.4 Å². The van der Waals surface area contributed by atoms with Crippen molar-refractivity contribution in [2.75, 3.05) is 19.7 Å². The molecule has 2 rings (SSSR count). The van der Waals surface area contributed by atoms with Gasteiger partial charge in [0.25, 0.3) is 0 Å². The fraction of sp³-hybridized carbons (Fsp3) is 0.750. The lowest BCUT2D eigenvalue weighted by molar-refractivity contribution is -0.0306. The van der Waals surface area contributed by atoms with Gasteiger partial charge in [-0.2, -0.15) is 0 Å². The fourth-order valence-electron chi connectivity index (χ4n) is 2.96. The van der Waals surface area contributed by atoms with Crippen LogP contribution in [0.25, 0.3) is 0 Å². The summed E-state index contributed by atoms with van der Waals surface area (Å²) in [6.45, 7) is 4.16. The number of rotatable bonds is 8. The highest BCUT2D eigenvalue weighted by atomic mass is 16.5. The van der Waals surface area contributed by atoms with Crippen LogP contribution in [-0.2, 0) is 11.3 Å². The van der Waals surface area contributed by atoms with Gasteiger partial charge < -0.3 is 19.4 Å². The van der Waals surface area contributed by atoms with Crippen LogP contribution in [0.2, 0.25) is 0 Å². The molecule has 1 aliphatic heterocycles. The molecule has 1 fully saturated rings. The van der Waals surface area contributed by atoms with Gasteiger partial charge >= 0.3 is 0 Å². The molecule has 5 nitrogen and oxygen atoms in total. The Bertz CT molecular complexity index is 382. The lowest BCUT2D eigenvalue weighted by Gasteiger charge is -2.39. The summed E-state index contributed by atoms with van der Waals surface area (Å²) in [6.07, 6.45) is 4.82. The van der Waals surface area contributed by atoms with Crippen molar-refractivity contribution in [3.8, 4) is 0 Å². The van der Waals surface area contributed by atoms with Crippen molar-refractivity contribution in [3.05, 3.63) is 24.2 Å². The number of nitrogens with zero attached hydrogens (tertiary/aromatic N) is 1. The molecule has 0 aromatic carbocycles. The molecule has 21 heavy (non-hydrogen) atoms. The SMILES string of the molecule is CCC(O)C1CCCCN1CC(O)COCc1ccco1. The number of furan rings is 1. The van der Waals surface area contributed by atoms with Gasteiger partial charge in [0.1, 0.15) is 12.4 Å². The minimum Gasteiger partial charge on any atom is -0.467 e. The van der Waals surface area contributed by atoms with Crippen molar-refractivity contribution in [3.63, 3.8) is 0 Å². The number of aliphatic hydroxyl groups excluding tert-OH is 2. The molecule has 1 aromatic heterocycles. The first-order valence-electron chi connectivity index (χ1n) is 7.91. The average molecular weight is 297 g/mol. The highest BCUT2D eigenvalue weighted by molar-refractivity contribution is 4.96. The van der Waals surface area contributed by atoms with Gasteiger partial charge in [0, 0.05) is 12.6 Å². The summed E-state index contributed by atoms with van der Waals surface area (Å²) in [5.74, 6) is 0.763. The Morgan fingerprint density at radius 1 is 1.43 bits per heavy atom. The van der Waals surface area contributed by atoms with Crippen molar-refractivity contribution in [1.82, 2.24) is 4.90 Å². The summed E-state index contributed by atoms with van der Waals surface area (Å²) in [4.78, 5) is 2.21. The molecule has 0 radical (unpaired) electrons. The van der Waals surface area contributed by atoms with Crippen LogP contribution < -0.4 is 0 Å². The van der Waals surface area contributed by atoms with Gasteiger partial charge in [-0.15, -0.1) is 0 Å². The minimum atomic E-state index is -0.537. The first-order valence-corrected chi connectivity index (χ1v) is 7.91. The van der Waals surface area contributed by atoms with Gasteiger partial charge in [0.2, 0.25) is 0 Å². The zero-order valence-corrected chi connectivity index (χ0v) is 12.8. The van der Waals surface area contributed by atoms with Crippen LogP contribution in [0.5, 0.6) is 0 Å². The molecule has 2 heterocycles. The Morgan fingerprint density at radius 3 is 3.00 bits per heavy atom. The highest BCUT2D eigenvalue weighted by Crippen LogP contribution is 2.21. The van der Waals surface area contributed by atoms with E-state index in [1.807, 2.05) is 19.1 Å². The fourth-order valence-corrected chi connectivity index (χ4v) is 2.96. The Balaban J connectivity index is 1.73. The summed E-state index contributed by atoms with van der Waals surface area (Å²) < 4.78 is 10.6. The van der Waals surface area contributed by atoms with Gasteiger partial charge in [0.05, 0.1) is 25.1 Å². The van der Waals surface area contributed by atoms with Gasteiger partial charge in [0.15, 0.2) is 0 Å². The molecule has 3 atom stereocenters. The number of hydrogen-bond donors (Lipinski definition) is 2. The highest BCUT2D eigenvalue weighted by Gasteiger charge is 2.28. The zero-order chi connectivity index (χ0) is 15.1. The third kappa shape index (κ3) is 5.11. The zero-order valence-electron chi connectivity index (χ0n) is 12.8. The molecule has 0 bridgehead atoms. The van der Waals surface area contributed by atoms with Crippen LogP contribution in [0.4, 0.5) is 0 Å². The molecule has 3 unspecified atom stereocenters. The molecule has 1 saturated heterocycles. The van der Waals surface area contributed by atoms with Crippen molar-refractivity contribution in [2.24, 2.45) is 0 Å². The topological polar surface area (TPSA) is 66.1 Å². The van der Waals surface area contributed by atoms with Crippen molar-refractivity contribution in [2.45, 2.75) is 57.5 Å². The van der Waals surface area contributed by atoms with Gasteiger partial charge in [-0.1, -0.05) is 13.3 Å². The number of likely N-dealkylation sites (tertiary alicyclic amines) is 1. The van der Waals surface area contributed by atoms with E-state index in [0.29, 0.717) is 13.2 Å². The third-order valence-corrected chi connectivity index (χ3v) is 4.11. The Kier molecular flexibility index (Phi) is 6.70. The lowest BCUT2D eigenvalue weighted by Crippen LogP contribution is -2.50. The summed E-state index contributed by atoms with van der Waals surface area (Å²) in [5.41, 5.74) is 0. The van der Waals surface area contributed by atoms with Crippen molar-refractivity contribution >= 4 is 0 Å².